The lowest BCUT2D eigenvalue weighted by Crippen LogP contribution is -2.57. The van der Waals surface area contributed by atoms with E-state index >= 15 is 0 Å². The van der Waals surface area contributed by atoms with E-state index < -0.39 is 0 Å². The maximum atomic E-state index is 13.1. The molecule has 0 bridgehead atoms. The maximum Gasteiger partial charge on any atom is 0.123 e. The van der Waals surface area contributed by atoms with Gasteiger partial charge in [-0.3, -0.25) is 0 Å². The zero-order valence-corrected chi connectivity index (χ0v) is 12.9. The summed E-state index contributed by atoms with van der Waals surface area (Å²) in [6, 6.07) is 6.83. The van der Waals surface area contributed by atoms with Gasteiger partial charge in [0.25, 0.3) is 0 Å². The van der Waals surface area contributed by atoms with Crippen LogP contribution in [0.25, 0.3) is 0 Å². The summed E-state index contributed by atoms with van der Waals surface area (Å²) in [6.07, 6.45) is 3.46. The van der Waals surface area contributed by atoms with Crippen molar-refractivity contribution in [1.29, 1.82) is 0 Å². The van der Waals surface area contributed by atoms with Crippen LogP contribution in [-0.2, 0) is 0 Å². The molecule has 0 radical (unpaired) electrons. The summed E-state index contributed by atoms with van der Waals surface area (Å²) in [5.41, 5.74) is 7.28. The summed E-state index contributed by atoms with van der Waals surface area (Å²) < 4.78 is 13.1. The van der Waals surface area contributed by atoms with Crippen LogP contribution in [-0.4, -0.2) is 18.6 Å². The average Bonchev–Trinajstić information content (AvgIpc) is 2.45. The van der Waals surface area contributed by atoms with Gasteiger partial charge in [0, 0.05) is 18.8 Å². The second-order valence-corrected chi connectivity index (χ2v) is 6.35. The minimum Gasteiger partial charge on any atom is -0.365 e. The molecule has 1 saturated carbocycles. The van der Waals surface area contributed by atoms with Gasteiger partial charge in [-0.25, -0.2) is 4.39 Å². The predicted molar refractivity (Wildman–Crippen MR) is 83.4 cm³/mol. The van der Waals surface area contributed by atoms with Crippen LogP contribution >= 0.6 is 0 Å². The van der Waals surface area contributed by atoms with Crippen molar-refractivity contribution in [2.75, 3.05) is 18.0 Å². The van der Waals surface area contributed by atoms with Crippen molar-refractivity contribution >= 4 is 5.69 Å². The number of hydrogen-bond acceptors (Lipinski definition) is 2. The fourth-order valence-corrected chi connectivity index (χ4v) is 3.64. The van der Waals surface area contributed by atoms with Gasteiger partial charge in [0.2, 0.25) is 0 Å². The van der Waals surface area contributed by atoms with Crippen molar-refractivity contribution in [1.82, 2.24) is 0 Å². The summed E-state index contributed by atoms with van der Waals surface area (Å²) >= 11 is 0. The van der Waals surface area contributed by atoms with E-state index in [1.807, 2.05) is 12.1 Å². The molecule has 0 amide bonds. The molecule has 1 aromatic rings. The average molecular weight is 278 g/mol. The minimum absolute atomic E-state index is 0.0263. The SMILES string of the molecule is CCN(c1ccc(F)cc1)C1(CN)CCC(C)C(C)C1. The molecule has 0 aliphatic heterocycles. The first-order valence-electron chi connectivity index (χ1n) is 7.75. The molecule has 3 unspecified atom stereocenters. The highest BCUT2D eigenvalue weighted by molar-refractivity contribution is 5.49. The molecule has 3 atom stereocenters. The molecule has 3 heteroatoms. The van der Waals surface area contributed by atoms with Crippen molar-refractivity contribution in [2.45, 2.75) is 45.6 Å². The van der Waals surface area contributed by atoms with Crippen molar-refractivity contribution in [3.8, 4) is 0 Å². The Kier molecular flexibility index (Phi) is 4.69. The molecule has 0 aromatic heterocycles. The Morgan fingerprint density at radius 1 is 1.25 bits per heavy atom. The third-order valence-corrected chi connectivity index (χ3v) is 5.15. The van der Waals surface area contributed by atoms with Crippen LogP contribution in [0.5, 0.6) is 0 Å². The molecule has 0 heterocycles. The van der Waals surface area contributed by atoms with Crippen molar-refractivity contribution in [2.24, 2.45) is 17.6 Å². The Labute approximate surface area is 122 Å². The van der Waals surface area contributed by atoms with E-state index in [0.717, 1.165) is 31.0 Å². The summed E-state index contributed by atoms with van der Waals surface area (Å²) in [5, 5.41) is 0. The van der Waals surface area contributed by atoms with E-state index in [2.05, 4.69) is 25.7 Å². The molecule has 0 saturated heterocycles. The van der Waals surface area contributed by atoms with Gasteiger partial charge in [-0.05, 0) is 62.3 Å². The fraction of sp³-hybridized carbons (Fsp3) is 0.647. The van der Waals surface area contributed by atoms with E-state index in [-0.39, 0.29) is 11.4 Å². The van der Waals surface area contributed by atoms with Crippen molar-refractivity contribution < 1.29 is 4.39 Å². The molecular formula is C17H27FN2. The Morgan fingerprint density at radius 3 is 2.40 bits per heavy atom. The molecule has 1 aliphatic rings. The topological polar surface area (TPSA) is 29.3 Å². The monoisotopic (exact) mass is 278 g/mol. The van der Waals surface area contributed by atoms with Crippen LogP contribution in [0.2, 0.25) is 0 Å². The van der Waals surface area contributed by atoms with E-state index in [0.29, 0.717) is 12.5 Å². The third kappa shape index (κ3) is 2.83. The van der Waals surface area contributed by atoms with Crippen LogP contribution in [0.15, 0.2) is 24.3 Å². The van der Waals surface area contributed by atoms with Gasteiger partial charge in [-0.2, -0.15) is 0 Å². The van der Waals surface area contributed by atoms with E-state index in [1.165, 1.54) is 18.6 Å². The van der Waals surface area contributed by atoms with E-state index in [1.54, 1.807) is 0 Å². The zero-order valence-electron chi connectivity index (χ0n) is 12.9. The highest BCUT2D eigenvalue weighted by Gasteiger charge is 2.40. The lowest BCUT2D eigenvalue weighted by Gasteiger charge is -2.50. The van der Waals surface area contributed by atoms with Gasteiger partial charge in [-0.15, -0.1) is 0 Å². The molecule has 1 aromatic carbocycles. The summed E-state index contributed by atoms with van der Waals surface area (Å²) in [6.45, 7) is 8.38. The number of likely N-dealkylation sites (N-methyl/N-ethyl adjacent to an activating group) is 1. The fourth-order valence-electron chi connectivity index (χ4n) is 3.64. The van der Waals surface area contributed by atoms with Crippen LogP contribution in [0, 0.1) is 17.7 Å². The maximum absolute atomic E-state index is 13.1. The first-order chi connectivity index (χ1) is 9.52. The van der Waals surface area contributed by atoms with Crippen LogP contribution in [0.1, 0.15) is 40.0 Å². The van der Waals surface area contributed by atoms with Gasteiger partial charge >= 0.3 is 0 Å². The van der Waals surface area contributed by atoms with Crippen LogP contribution < -0.4 is 10.6 Å². The highest BCUT2D eigenvalue weighted by atomic mass is 19.1. The second-order valence-electron chi connectivity index (χ2n) is 6.35. The minimum atomic E-state index is -0.183. The first-order valence-corrected chi connectivity index (χ1v) is 7.75. The van der Waals surface area contributed by atoms with Gasteiger partial charge in [0.15, 0.2) is 0 Å². The molecule has 1 fully saturated rings. The number of rotatable bonds is 4. The molecule has 2 rings (SSSR count). The van der Waals surface area contributed by atoms with E-state index in [4.69, 9.17) is 5.73 Å². The molecule has 2 nitrogen and oxygen atoms in total. The Balaban J connectivity index is 2.30. The third-order valence-electron chi connectivity index (χ3n) is 5.15. The lowest BCUT2D eigenvalue weighted by molar-refractivity contribution is 0.172. The predicted octanol–water partition coefficient (Wildman–Crippen LogP) is 3.81. The second kappa shape index (κ2) is 6.13. The smallest absolute Gasteiger partial charge is 0.123 e. The van der Waals surface area contributed by atoms with Crippen molar-refractivity contribution in [3.05, 3.63) is 30.1 Å². The largest absolute Gasteiger partial charge is 0.365 e. The number of nitrogens with two attached hydrogens (primary N) is 1. The molecule has 112 valence electrons. The van der Waals surface area contributed by atoms with Gasteiger partial charge in [-0.1, -0.05) is 13.8 Å². The zero-order chi connectivity index (χ0) is 14.8. The normalized spacial score (nSPS) is 30.2. The summed E-state index contributed by atoms with van der Waals surface area (Å²) in [5.74, 6) is 1.26. The lowest BCUT2D eigenvalue weighted by atomic mass is 9.70. The molecule has 2 N–H and O–H groups in total. The van der Waals surface area contributed by atoms with Crippen molar-refractivity contribution in [3.63, 3.8) is 0 Å². The molecular weight excluding hydrogens is 251 g/mol. The molecule has 0 spiro atoms. The quantitative estimate of drug-likeness (QED) is 0.907. The molecule has 20 heavy (non-hydrogen) atoms. The molecule has 1 aliphatic carbocycles. The number of hydrogen-bond donors (Lipinski definition) is 1. The van der Waals surface area contributed by atoms with Gasteiger partial charge < -0.3 is 10.6 Å². The highest BCUT2D eigenvalue weighted by Crippen LogP contribution is 2.41. The van der Waals surface area contributed by atoms with Crippen LogP contribution in [0.4, 0.5) is 10.1 Å². The van der Waals surface area contributed by atoms with Crippen LogP contribution in [0.3, 0.4) is 0 Å². The summed E-state index contributed by atoms with van der Waals surface area (Å²) in [7, 11) is 0. The summed E-state index contributed by atoms with van der Waals surface area (Å²) in [4.78, 5) is 2.38. The number of nitrogens with zero attached hydrogens (tertiary/aromatic N) is 1. The van der Waals surface area contributed by atoms with Gasteiger partial charge in [0.05, 0.1) is 5.54 Å². The Morgan fingerprint density at radius 2 is 1.90 bits per heavy atom. The van der Waals surface area contributed by atoms with Gasteiger partial charge in [0.1, 0.15) is 5.82 Å². The Bertz CT molecular complexity index is 431. The number of halogens is 1. The standard InChI is InChI=1S/C17H27FN2/c1-4-20(16-7-5-15(18)6-8-16)17(12-19)10-9-13(2)14(3)11-17/h5-8,13-14H,4,9-12,19H2,1-3H3. The Hall–Kier alpha value is -1.09. The first kappa shape index (κ1) is 15.3. The number of anilines is 1. The number of benzene rings is 1. The van der Waals surface area contributed by atoms with E-state index in [9.17, 15) is 4.39 Å².